The van der Waals surface area contributed by atoms with Crippen LogP contribution in [0.4, 0.5) is 0 Å². The molecule has 1 aliphatic carbocycles. The second-order valence-electron chi connectivity index (χ2n) is 5.49. The smallest absolute Gasteiger partial charge is 0.336 e. The molecule has 1 fully saturated rings. The monoisotopic (exact) mass is 296 g/mol. The summed E-state index contributed by atoms with van der Waals surface area (Å²) >= 11 is 0. The van der Waals surface area contributed by atoms with Crippen molar-refractivity contribution in [2.24, 2.45) is 0 Å². The molecule has 2 aromatic carbocycles. The topological polar surface area (TPSA) is 63.6 Å². The fourth-order valence-electron chi connectivity index (χ4n) is 2.81. The Kier molecular flexibility index (Phi) is 3.45. The van der Waals surface area contributed by atoms with Gasteiger partial charge in [0, 0.05) is 5.56 Å². The summed E-state index contributed by atoms with van der Waals surface area (Å²) in [4.78, 5) is 24.2. The van der Waals surface area contributed by atoms with Crippen LogP contribution in [0.1, 0.15) is 39.1 Å². The normalized spacial score (nSPS) is 15.1. The van der Waals surface area contributed by atoms with E-state index >= 15 is 0 Å². The van der Waals surface area contributed by atoms with E-state index in [9.17, 15) is 14.7 Å². The van der Waals surface area contributed by atoms with E-state index in [4.69, 9.17) is 4.74 Å². The van der Waals surface area contributed by atoms with Crippen molar-refractivity contribution in [3.05, 3.63) is 65.2 Å². The maximum Gasteiger partial charge on any atom is 0.336 e. The number of rotatable bonds is 5. The molecule has 3 rings (SSSR count). The van der Waals surface area contributed by atoms with E-state index in [-0.39, 0.29) is 16.9 Å². The molecule has 4 nitrogen and oxygen atoms in total. The molecule has 0 aromatic heterocycles. The van der Waals surface area contributed by atoms with Gasteiger partial charge in [0.25, 0.3) is 0 Å². The zero-order chi connectivity index (χ0) is 15.7. The van der Waals surface area contributed by atoms with Gasteiger partial charge in [0.05, 0.1) is 18.1 Å². The lowest BCUT2D eigenvalue weighted by atomic mass is 9.86. The highest BCUT2D eigenvalue weighted by atomic mass is 16.5. The summed E-state index contributed by atoms with van der Waals surface area (Å²) in [6.07, 6.45) is 1.48. The zero-order valence-electron chi connectivity index (χ0n) is 12.2. The number of carboxylic acids is 1. The summed E-state index contributed by atoms with van der Waals surface area (Å²) in [6, 6.07) is 13.8. The van der Waals surface area contributed by atoms with Crippen LogP contribution in [0.2, 0.25) is 0 Å². The summed E-state index contributed by atoms with van der Waals surface area (Å²) in [5.41, 5.74) is 0.673. The Morgan fingerprint density at radius 3 is 2.09 bits per heavy atom. The second kappa shape index (κ2) is 5.30. The quantitative estimate of drug-likeness (QED) is 0.860. The number of ether oxygens (including phenoxy) is 1. The summed E-state index contributed by atoms with van der Waals surface area (Å²) < 4.78 is 5.14. The Balaban J connectivity index is 1.99. The number of hydrogen-bond acceptors (Lipinski definition) is 3. The number of methoxy groups -OCH3 is 1. The van der Waals surface area contributed by atoms with Gasteiger partial charge in [-0.25, -0.2) is 4.79 Å². The van der Waals surface area contributed by atoms with Crippen molar-refractivity contribution in [2.75, 3.05) is 7.11 Å². The number of aromatic carboxylic acids is 1. The standard InChI is InChI=1S/C18H16O4/c1-22-13-8-6-12(7-9-13)18(10-11-18)16(19)14-4-2-3-5-15(14)17(20)21/h2-9H,10-11H2,1H3,(H,20,21). The van der Waals surface area contributed by atoms with Gasteiger partial charge in [0.1, 0.15) is 5.75 Å². The van der Waals surface area contributed by atoms with Crippen LogP contribution in [-0.4, -0.2) is 24.0 Å². The van der Waals surface area contributed by atoms with Crippen molar-refractivity contribution >= 4 is 11.8 Å². The SMILES string of the molecule is COc1ccc(C2(C(=O)c3ccccc3C(=O)O)CC2)cc1. The molecule has 0 bridgehead atoms. The minimum Gasteiger partial charge on any atom is -0.497 e. The molecule has 0 unspecified atom stereocenters. The fraction of sp³-hybridized carbons (Fsp3) is 0.222. The van der Waals surface area contributed by atoms with Gasteiger partial charge in [-0.2, -0.15) is 0 Å². The highest BCUT2D eigenvalue weighted by Crippen LogP contribution is 2.51. The Morgan fingerprint density at radius 2 is 1.59 bits per heavy atom. The van der Waals surface area contributed by atoms with Crippen LogP contribution in [0.3, 0.4) is 0 Å². The van der Waals surface area contributed by atoms with E-state index in [2.05, 4.69) is 0 Å². The first kappa shape index (κ1) is 14.3. The van der Waals surface area contributed by atoms with Crippen molar-refractivity contribution in [3.63, 3.8) is 0 Å². The molecule has 0 spiro atoms. The number of Topliss-reactive ketones (excluding diaryl/α,β-unsaturated/α-hetero) is 1. The van der Waals surface area contributed by atoms with Crippen molar-refractivity contribution in [1.82, 2.24) is 0 Å². The first-order valence-electron chi connectivity index (χ1n) is 7.10. The molecule has 0 heterocycles. The lowest BCUT2D eigenvalue weighted by molar-refractivity contribution is 0.0691. The van der Waals surface area contributed by atoms with Crippen LogP contribution in [0.15, 0.2) is 48.5 Å². The Labute approximate surface area is 128 Å². The molecule has 0 radical (unpaired) electrons. The highest BCUT2D eigenvalue weighted by molar-refractivity contribution is 6.12. The Bertz CT molecular complexity index is 727. The van der Waals surface area contributed by atoms with E-state index in [1.807, 2.05) is 24.3 Å². The predicted octanol–water partition coefficient (Wildman–Crippen LogP) is 3.31. The first-order chi connectivity index (χ1) is 10.6. The largest absolute Gasteiger partial charge is 0.497 e. The molecule has 0 saturated heterocycles. The minimum atomic E-state index is -1.07. The third kappa shape index (κ3) is 2.26. The summed E-state index contributed by atoms with van der Waals surface area (Å²) in [7, 11) is 1.59. The predicted molar refractivity (Wildman–Crippen MR) is 81.6 cm³/mol. The molecular formula is C18H16O4. The van der Waals surface area contributed by atoms with Crippen molar-refractivity contribution in [1.29, 1.82) is 0 Å². The van der Waals surface area contributed by atoms with Crippen molar-refractivity contribution in [2.45, 2.75) is 18.3 Å². The van der Waals surface area contributed by atoms with Crippen LogP contribution < -0.4 is 4.74 Å². The molecule has 1 aliphatic rings. The third-order valence-corrected chi connectivity index (χ3v) is 4.23. The van der Waals surface area contributed by atoms with Crippen LogP contribution in [0, 0.1) is 0 Å². The number of carbonyl (C=O) groups is 2. The van der Waals surface area contributed by atoms with Crippen molar-refractivity contribution in [3.8, 4) is 5.75 Å². The van der Waals surface area contributed by atoms with E-state index < -0.39 is 11.4 Å². The van der Waals surface area contributed by atoms with Gasteiger partial charge in [0.2, 0.25) is 0 Å². The summed E-state index contributed by atoms with van der Waals surface area (Å²) in [5.74, 6) is -0.455. The first-order valence-corrected chi connectivity index (χ1v) is 7.10. The summed E-state index contributed by atoms with van der Waals surface area (Å²) in [6.45, 7) is 0. The van der Waals surface area contributed by atoms with E-state index in [1.165, 1.54) is 6.07 Å². The van der Waals surface area contributed by atoms with Crippen LogP contribution in [0.5, 0.6) is 5.75 Å². The van der Waals surface area contributed by atoms with Gasteiger partial charge in [0.15, 0.2) is 5.78 Å². The average Bonchev–Trinajstić information content (AvgIpc) is 3.36. The molecule has 22 heavy (non-hydrogen) atoms. The van der Waals surface area contributed by atoms with Crippen molar-refractivity contribution < 1.29 is 19.4 Å². The summed E-state index contributed by atoms with van der Waals surface area (Å²) in [5, 5.41) is 9.27. The van der Waals surface area contributed by atoms with Crippen LogP contribution in [0.25, 0.3) is 0 Å². The van der Waals surface area contributed by atoms with Crippen LogP contribution in [-0.2, 0) is 5.41 Å². The molecule has 0 amide bonds. The van der Waals surface area contributed by atoms with Gasteiger partial charge in [-0.1, -0.05) is 30.3 Å². The molecule has 0 aliphatic heterocycles. The number of carboxylic acid groups (broad SMARTS) is 1. The number of ketones is 1. The molecule has 0 atom stereocenters. The molecule has 1 saturated carbocycles. The average molecular weight is 296 g/mol. The number of benzene rings is 2. The minimum absolute atomic E-state index is 0.0623. The fourth-order valence-corrected chi connectivity index (χ4v) is 2.81. The van der Waals surface area contributed by atoms with Gasteiger partial charge in [-0.3, -0.25) is 4.79 Å². The van der Waals surface area contributed by atoms with Gasteiger partial charge in [-0.05, 0) is 36.6 Å². The molecule has 2 aromatic rings. The number of hydrogen-bond donors (Lipinski definition) is 1. The highest BCUT2D eigenvalue weighted by Gasteiger charge is 2.51. The second-order valence-corrected chi connectivity index (χ2v) is 5.49. The number of carbonyl (C=O) groups excluding carboxylic acids is 1. The van der Waals surface area contributed by atoms with E-state index in [1.54, 1.807) is 25.3 Å². The van der Waals surface area contributed by atoms with Gasteiger partial charge in [-0.15, -0.1) is 0 Å². The van der Waals surface area contributed by atoms with Gasteiger partial charge >= 0.3 is 5.97 Å². The lowest BCUT2D eigenvalue weighted by Crippen LogP contribution is -2.23. The molecule has 4 heteroatoms. The molecular weight excluding hydrogens is 280 g/mol. The maximum absolute atomic E-state index is 12.9. The van der Waals surface area contributed by atoms with Gasteiger partial charge < -0.3 is 9.84 Å². The molecule has 1 N–H and O–H groups in total. The van der Waals surface area contributed by atoms with E-state index in [0.29, 0.717) is 0 Å². The molecule has 112 valence electrons. The Hall–Kier alpha value is -2.62. The third-order valence-electron chi connectivity index (χ3n) is 4.23. The lowest BCUT2D eigenvalue weighted by Gasteiger charge is -2.16. The Morgan fingerprint density at radius 1 is 1.00 bits per heavy atom. The van der Waals surface area contributed by atoms with E-state index in [0.717, 1.165) is 24.2 Å². The van der Waals surface area contributed by atoms with Crippen LogP contribution >= 0.6 is 0 Å². The maximum atomic E-state index is 12.9. The zero-order valence-corrected chi connectivity index (χ0v) is 12.2.